The van der Waals surface area contributed by atoms with E-state index in [1.54, 1.807) is 7.05 Å². The summed E-state index contributed by atoms with van der Waals surface area (Å²) in [6, 6.07) is -0.317. The molecule has 0 bridgehead atoms. The lowest BCUT2D eigenvalue weighted by Gasteiger charge is -2.15. The summed E-state index contributed by atoms with van der Waals surface area (Å²) in [6.45, 7) is 1.90. The minimum absolute atomic E-state index is 0. The molecule has 0 radical (unpaired) electrons. The first-order chi connectivity index (χ1) is 8.70. The van der Waals surface area contributed by atoms with E-state index in [1.165, 1.54) is 17.7 Å². The number of urea groups is 1. The Morgan fingerprint density at radius 1 is 1.42 bits per heavy atom. The van der Waals surface area contributed by atoms with Crippen molar-refractivity contribution in [1.29, 1.82) is 0 Å². The smallest absolute Gasteiger partial charge is 0.324 e. The van der Waals surface area contributed by atoms with Gasteiger partial charge in [-0.25, -0.2) is 4.79 Å². The predicted octanol–water partition coefficient (Wildman–Crippen LogP) is -0.269. The number of guanidine groups is 1. The molecular weight excluding hydrogens is 361 g/mol. The number of rotatable bonds is 5. The number of hydrogen-bond acceptors (Lipinski definition) is 3. The van der Waals surface area contributed by atoms with Crippen molar-refractivity contribution in [2.75, 3.05) is 33.2 Å². The zero-order chi connectivity index (χ0) is 13.0. The van der Waals surface area contributed by atoms with E-state index in [2.05, 4.69) is 20.9 Å². The molecule has 3 N–H and O–H groups in total. The minimum atomic E-state index is -0.317. The minimum Gasteiger partial charge on any atom is -0.356 e. The first-order valence-electron chi connectivity index (χ1n) is 6.23. The number of carbonyl (C=O) groups is 2. The number of nitrogens with one attached hydrogen (secondary N) is 3. The highest BCUT2D eigenvalue weighted by Crippen LogP contribution is 2.27. The maximum atomic E-state index is 11.3. The lowest BCUT2D eigenvalue weighted by Crippen LogP contribution is -2.43. The lowest BCUT2D eigenvalue weighted by atomic mass is 10.4. The summed E-state index contributed by atoms with van der Waals surface area (Å²) in [5.41, 5.74) is 0. The molecule has 0 aromatic carbocycles. The standard InChI is InChI=1S/C11H19N5O2.HI/c1-12-10(14-6-8-2-3-8)13-4-5-16-9(17)7-15-11(16)18;/h8H,2-7H2,1H3,(H,15,18)(H2,12,13,14);1H. The zero-order valence-electron chi connectivity index (χ0n) is 10.9. The quantitative estimate of drug-likeness (QED) is 0.265. The highest BCUT2D eigenvalue weighted by atomic mass is 127. The number of aliphatic imine (C=N–C) groups is 1. The number of imide groups is 1. The summed E-state index contributed by atoms with van der Waals surface area (Å²) in [5.74, 6) is 1.31. The van der Waals surface area contributed by atoms with Crippen molar-refractivity contribution < 1.29 is 9.59 Å². The van der Waals surface area contributed by atoms with Crippen molar-refractivity contribution in [3.05, 3.63) is 0 Å². The number of amides is 3. The van der Waals surface area contributed by atoms with Gasteiger partial charge in [0.2, 0.25) is 5.91 Å². The highest BCUT2D eigenvalue weighted by Gasteiger charge is 2.27. The molecule has 1 aliphatic carbocycles. The van der Waals surface area contributed by atoms with Crippen molar-refractivity contribution in [2.24, 2.45) is 10.9 Å². The summed E-state index contributed by atoms with van der Waals surface area (Å²) in [4.78, 5) is 27.9. The van der Waals surface area contributed by atoms with Crippen LogP contribution < -0.4 is 16.0 Å². The zero-order valence-corrected chi connectivity index (χ0v) is 13.3. The molecule has 1 saturated heterocycles. The van der Waals surface area contributed by atoms with Crippen LogP contribution in [0.4, 0.5) is 4.79 Å². The molecule has 1 aliphatic heterocycles. The van der Waals surface area contributed by atoms with E-state index in [9.17, 15) is 9.59 Å². The van der Waals surface area contributed by atoms with Crippen molar-refractivity contribution in [3.63, 3.8) is 0 Å². The Labute approximate surface area is 129 Å². The Morgan fingerprint density at radius 2 is 2.16 bits per heavy atom. The molecule has 0 aromatic heterocycles. The first-order valence-corrected chi connectivity index (χ1v) is 6.23. The second-order valence-electron chi connectivity index (χ2n) is 4.53. The van der Waals surface area contributed by atoms with Gasteiger partial charge in [-0.05, 0) is 18.8 Å². The van der Waals surface area contributed by atoms with Gasteiger partial charge in [0, 0.05) is 26.7 Å². The van der Waals surface area contributed by atoms with Crippen LogP contribution in [0.15, 0.2) is 4.99 Å². The van der Waals surface area contributed by atoms with Crippen molar-refractivity contribution in [1.82, 2.24) is 20.9 Å². The molecule has 0 unspecified atom stereocenters. The van der Waals surface area contributed by atoms with Crippen LogP contribution >= 0.6 is 24.0 Å². The van der Waals surface area contributed by atoms with Crippen LogP contribution in [0.2, 0.25) is 0 Å². The van der Waals surface area contributed by atoms with Crippen LogP contribution in [0.3, 0.4) is 0 Å². The Balaban J connectivity index is 0.00000180. The Kier molecular flexibility index (Phi) is 6.32. The van der Waals surface area contributed by atoms with Crippen LogP contribution in [-0.4, -0.2) is 56.0 Å². The summed E-state index contributed by atoms with van der Waals surface area (Å²) >= 11 is 0. The van der Waals surface area contributed by atoms with E-state index in [-0.39, 0.29) is 42.5 Å². The molecule has 0 atom stereocenters. The Bertz CT molecular complexity index is 354. The third kappa shape index (κ3) is 4.84. The molecule has 8 heteroatoms. The molecule has 2 rings (SSSR count). The molecule has 2 aliphatic rings. The van der Waals surface area contributed by atoms with E-state index in [0.29, 0.717) is 19.0 Å². The van der Waals surface area contributed by atoms with E-state index in [1.807, 2.05) is 0 Å². The second-order valence-corrected chi connectivity index (χ2v) is 4.53. The maximum Gasteiger partial charge on any atom is 0.324 e. The molecule has 0 aromatic rings. The van der Waals surface area contributed by atoms with E-state index >= 15 is 0 Å². The fraction of sp³-hybridized carbons (Fsp3) is 0.727. The van der Waals surface area contributed by atoms with Crippen LogP contribution in [0, 0.1) is 5.92 Å². The maximum absolute atomic E-state index is 11.3. The summed E-state index contributed by atoms with van der Waals surface area (Å²) in [6.07, 6.45) is 2.57. The molecule has 0 spiro atoms. The molecule has 1 saturated carbocycles. The number of hydrogen-bond donors (Lipinski definition) is 3. The van der Waals surface area contributed by atoms with Crippen LogP contribution in [-0.2, 0) is 4.79 Å². The lowest BCUT2D eigenvalue weighted by molar-refractivity contribution is -0.124. The van der Waals surface area contributed by atoms with Gasteiger partial charge in [-0.15, -0.1) is 24.0 Å². The van der Waals surface area contributed by atoms with Crippen molar-refractivity contribution in [3.8, 4) is 0 Å². The number of carbonyl (C=O) groups excluding carboxylic acids is 2. The fourth-order valence-electron chi connectivity index (χ4n) is 1.75. The van der Waals surface area contributed by atoms with Gasteiger partial charge in [0.1, 0.15) is 0 Å². The largest absolute Gasteiger partial charge is 0.356 e. The van der Waals surface area contributed by atoms with Gasteiger partial charge < -0.3 is 16.0 Å². The Morgan fingerprint density at radius 3 is 2.68 bits per heavy atom. The van der Waals surface area contributed by atoms with Gasteiger partial charge in [-0.1, -0.05) is 0 Å². The van der Waals surface area contributed by atoms with Crippen molar-refractivity contribution in [2.45, 2.75) is 12.8 Å². The number of nitrogens with zero attached hydrogens (tertiary/aromatic N) is 2. The molecule has 108 valence electrons. The normalized spacial score (nSPS) is 19.0. The number of halogens is 1. The SMILES string of the molecule is CN=C(NCCN1C(=O)CNC1=O)NCC1CC1.I. The van der Waals surface area contributed by atoms with Crippen LogP contribution in [0.1, 0.15) is 12.8 Å². The third-order valence-corrected chi connectivity index (χ3v) is 3.04. The average Bonchev–Trinajstić information content (AvgIpc) is 3.14. The van der Waals surface area contributed by atoms with Crippen molar-refractivity contribution >= 4 is 41.9 Å². The fourth-order valence-corrected chi connectivity index (χ4v) is 1.75. The molecule has 3 amide bonds. The molecule has 2 fully saturated rings. The molecule has 7 nitrogen and oxygen atoms in total. The monoisotopic (exact) mass is 381 g/mol. The summed E-state index contributed by atoms with van der Waals surface area (Å²) in [7, 11) is 1.70. The van der Waals surface area contributed by atoms with Gasteiger partial charge in [-0.2, -0.15) is 0 Å². The average molecular weight is 381 g/mol. The molecule has 1 heterocycles. The predicted molar refractivity (Wildman–Crippen MR) is 82.6 cm³/mol. The van der Waals surface area contributed by atoms with E-state index in [4.69, 9.17) is 0 Å². The topological polar surface area (TPSA) is 85.8 Å². The molecular formula is C11H20IN5O2. The van der Waals surface area contributed by atoms with Crippen LogP contribution in [0.25, 0.3) is 0 Å². The van der Waals surface area contributed by atoms with Gasteiger partial charge in [-0.3, -0.25) is 14.7 Å². The summed E-state index contributed by atoms with van der Waals surface area (Å²) in [5, 5.41) is 8.78. The van der Waals surface area contributed by atoms with Gasteiger partial charge >= 0.3 is 6.03 Å². The third-order valence-electron chi connectivity index (χ3n) is 3.04. The van der Waals surface area contributed by atoms with Gasteiger partial charge in [0.05, 0.1) is 6.54 Å². The first kappa shape index (κ1) is 16.0. The Hall–Kier alpha value is -1.06. The van der Waals surface area contributed by atoms with Crippen LogP contribution in [0.5, 0.6) is 0 Å². The van der Waals surface area contributed by atoms with E-state index < -0.39 is 0 Å². The van der Waals surface area contributed by atoms with Gasteiger partial charge in [0.25, 0.3) is 0 Å². The highest BCUT2D eigenvalue weighted by molar-refractivity contribution is 14.0. The second kappa shape index (κ2) is 7.51. The van der Waals surface area contributed by atoms with Gasteiger partial charge in [0.15, 0.2) is 5.96 Å². The van der Waals surface area contributed by atoms with E-state index in [0.717, 1.165) is 12.5 Å². The summed E-state index contributed by atoms with van der Waals surface area (Å²) < 4.78 is 0. The molecule has 19 heavy (non-hydrogen) atoms.